The van der Waals surface area contributed by atoms with Gasteiger partial charge in [-0.3, -0.25) is 24.0 Å². The molecule has 0 bridgehead atoms. The summed E-state index contributed by atoms with van der Waals surface area (Å²) in [5.74, 6) is -1.17. The van der Waals surface area contributed by atoms with E-state index in [-0.39, 0.29) is 70.8 Å². The molecule has 4 amide bonds. The first-order valence-electron chi connectivity index (χ1n) is 13.6. The molecular formula is C28H44N4O5. The predicted molar refractivity (Wildman–Crippen MR) is 140 cm³/mol. The predicted octanol–water partition coefficient (Wildman–Crippen LogP) is 1.81. The number of fused-ring (bicyclic) bond motifs is 1. The standard InChI is InChI=1S/C28H44N4O5/c1-8-21(33)19(13-17-9-10-29-25(17)35)31-26(36)24-23-18(28(23,6)7)14-32(24)27(37)20(11-15(2)3)30-22(34)12-16(4)5/h8,15-20,23-24H,1,9-14H2,2-7H3,(H,29,35)(H,30,34)(H,31,36)/t17-,18-,19-,20-,23-,24-/m0/s1. The van der Waals surface area contributed by atoms with Crippen LogP contribution in [0.3, 0.4) is 0 Å². The number of carbonyl (C=O) groups excluding carboxylic acids is 5. The molecule has 206 valence electrons. The van der Waals surface area contributed by atoms with Crippen molar-refractivity contribution in [1.29, 1.82) is 0 Å². The first-order valence-corrected chi connectivity index (χ1v) is 13.6. The fourth-order valence-electron chi connectivity index (χ4n) is 6.13. The molecule has 1 saturated carbocycles. The lowest BCUT2D eigenvalue weighted by molar-refractivity contribution is -0.144. The summed E-state index contributed by atoms with van der Waals surface area (Å²) in [5.41, 5.74) is -0.101. The molecule has 0 radical (unpaired) electrons. The summed E-state index contributed by atoms with van der Waals surface area (Å²) >= 11 is 0. The second-order valence-corrected chi connectivity index (χ2v) is 12.4. The van der Waals surface area contributed by atoms with E-state index in [1.54, 1.807) is 4.90 Å². The Hall–Kier alpha value is -2.71. The zero-order valence-corrected chi connectivity index (χ0v) is 23.1. The third kappa shape index (κ3) is 6.41. The Kier molecular flexibility index (Phi) is 8.85. The SMILES string of the molecule is C=CC(=O)[C@H](C[C@@H]1CCNC1=O)NC(=O)[C@@H]1[C@@H]2[C@H](CN1C(=O)[C@H](CC(C)C)NC(=O)CC(C)C)C2(C)C. The van der Waals surface area contributed by atoms with Crippen LogP contribution in [0.25, 0.3) is 0 Å². The summed E-state index contributed by atoms with van der Waals surface area (Å²) in [6.07, 6.45) is 2.77. The molecule has 9 heteroatoms. The van der Waals surface area contributed by atoms with Crippen molar-refractivity contribution in [3.63, 3.8) is 0 Å². The van der Waals surface area contributed by atoms with E-state index in [0.29, 0.717) is 32.4 Å². The molecule has 3 aliphatic rings. The number of nitrogens with one attached hydrogen (secondary N) is 3. The van der Waals surface area contributed by atoms with Gasteiger partial charge in [-0.15, -0.1) is 0 Å². The van der Waals surface area contributed by atoms with Gasteiger partial charge in [0.15, 0.2) is 5.78 Å². The second kappa shape index (κ2) is 11.4. The highest BCUT2D eigenvalue weighted by atomic mass is 16.2. The van der Waals surface area contributed by atoms with Crippen molar-refractivity contribution >= 4 is 29.4 Å². The summed E-state index contributed by atoms with van der Waals surface area (Å²) < 4.78 is 0. The quantitative estimate of drug-likeness (QED) is 0.341. The summed E-state index contributed by atoms with van der Waals surface area (Å²) in [7, 11) is 0. The molecule has 0 aromatic heterocycles. The highest BCUT2D eigenvalue weighted by Crippen LogP contribution is 2.65. The number of carbonyl (C=O) groups is 5. The number of likely N-dealkylation sites (tertiary alicyclic amines) is 1. The van der Waals surface area contributed by atoms with Gasteiger partial charge in [0.2, 0.25) is 23.6 Å². The molecule has 6 atom stereocenters. The van der Waals surface area contributed by atoms with Crippen molar-refractivity contribution in [3.8, 4) is 0 Å². The van der Waals surface area contributed by atoms with Gasteiger partial charge in [0.1, 0.15) is 12.1 Å². The number of nitrogens with zero attached hydrogens (tertiary/aromatic N) is 1. The van der Waals surface area contributed by atoms with Crippen molar-refractivity contribution in [3.05, 3.63) is 12.7 Å². The molecule has 3 rings (SSSR count). The number of piperidine rings is 1. The van der Waals surface area contributed by atoms with Gasteiger partial charge in [-0.05, 0) is 54.4 Å². The highest BCUT2D eigenvalue weighted by Gasteiger charge is 2.69. The minimum Gasteiger partial charge on any atom is -0.356 e. The van der Waals surface area contributed by atoms with Crippen LogP contribution in [0.4, 0.5) is 0 Å². The van der Waals surface area contributed by atoms with Crippen molar-refractivity contribution in [2.24, 2.45) is 35.0 Å². The minimum atomic E-state index is -0.881. The maximum atomic E-state index is 13.8. The summed E-state index contributed by atoms with van der Waals surface area (Å²) in [6, 6.07) is -2.33. The first kappa shape index (κ1) is 28.9. The molecule has 2 saturated heterocycles. The van der Waals surface area contributed by atoms with E-state index in [1.807, 2.05) is 27.7 Å². The van der Waals surface area contributed by atoms with E-state index >= 15 is 0 Å². The van der Waals surface area contributed by atoms with Crippen LogP contribution in [0.2, 0.25) is 0 Å². The van der Waals surface area contributed by atoms with E-state index in [9.17, 15) is 24.0 Å². The number of hydrogen-bond donors (Lipinski definition) is 3. The third-order valence-corrected chi connectivity index (χ3v) is 8.24. The van der Waals surface area contributed by atoms with Crippen molar-refractivity contribution < 1.29 is 24.0 Å². The lowest BCUT2D eigenvalue weighted by atomic mass is 9.94. The van der Waals surface area contributed by atoms with E-state index in [1.165, 1.54) is 6.08 Å². The van der Waals surface area contributed by atoms with E-state index in [4.69, 9.17) is 0 Å². The maximum Gasteiger partial charge on any atom is 0.245 e. The number of amides is 4. The Morgan fingerprint density at radius 2 is 1.78 bits per heavy atom. The van der Waals surface area contributed by atoms with Gasteiger partial charge in [-0.2, -0.15) is 0 Å². The van der Waals surface area contributed by atoms with Gasteiger partial charge in [0, 0.05) is 25.4 Å². The molecule has 3 N–H and O–H groups in total. The van der Waals surface area contributed by atoms with Crippen LogP contribution >= 0.6 is 0 Å². The zero-order chi connectivity index (χ0) is 27.7. The largest absolute Gasteiger partial charge is 0.356 e. The van der Waals surface area contributed by atoms with Crippen LogP contribution in [0.5, 0.6) is 0 Å². The van der Waals surface area contributed by atoms with E-state index in [2.05, 4.69) is 36.4 Å². The smallest absolute Gasteiger partial charge is 0.245 e. The van der Waals surface area contributed by atoms with Crippen LogP contribution in [0, 0.1) is 35.0 Å². The Balaban J connectivity index is 1.80. The van der Waals surface area contributed by atoms with Crippen molar-refractivity contribution in [1.82, 2.24) is 20.9 Å². The molecule has 0 unspecified atom stereocenters. The molecule has 2 heterocycles. The number of rotatable bonds is 12. The van der Waals surface area contributed by atoms with Gasteiger partial charge in [-0.25, -0.2) is 0 Å². The second-order valence-electron chi connectivity index (χ2n) is 12.4. The van der Waals surface area contributed by atoms with E-state index < -0.39 is 18.1 Å². The van der Waals surface area contributed by atoms with Gasteiger partial charge < -0.3 is 20.9 Å². The molecule has 0 spiro atoms. The summed E-state index contributed by atoms with van der Waals surface area (Å²) in [4.78, 5) is 66.4. The highest BCUT2D eigenvalue weighted by molar-refractivity contribution is 5.99. The molecule has 1 aliphatic carbocycles. The maximum absolute atomic E-state index is 13.8. The van der Waals surface area contributed by atoms with Crippen molar-refractivity contribution in [2.45, 2.75) is 85.4 Å². The molecule has 37 heavy (non-hydrogen) atoms. The molecule has 9 nitrogen and oxygen atoms in total. The monoisotopic (exact) mass is 516 g/mol. The van der Waals surface area contributed by atoms with Crippen LogP contribution in [-0.2, 0) is 24.0 Å². The molecule has 3 fully saturated rings. The fraction of sp³-hybridized carbons (Fsp3) is 0.750. The van der Waals surface area contributed by atoms with Gasteiger partial charge >= 0.3 is 0 Å². The van der Waals surface area contributed by atoms with Gasteiger partial charge in [0.05, 0.1) is 6.04 Å². The third-order valence-electron chi connectivity index (χ3n) is 8.24. The fourth-order valence-corrected chi connectivity index (χ4v) is 6.13. The minimum absolute atomic E-state index is 0.0308. The Morgan fingerprint density at radius 1 is 1.11 bits per heavy atom. The van der Waals surface area contributed by atoms with Crippen LogP contribution < -0.4 is 16.0 Å². The topological polar surface area (TPSA) is 125 Å². The normalized spacial score (nSPS) is 27.4. The summed E-state index contributed by atoms with van der Waals surface area (Å²) in [6.45, 7) is 16.6. The molecular weight excluding hydrogens is 472 g/mol. The first-order chi connectivity index (χ1) is 17.3. The average Bonchev–Trinajstić information content (AvgIpc) is 3.16. The van der Waals surface area contributed by atoms with Crippen LogP contribution in [-0.4, -0.2) is 65.5 Å². The molecule has 2 aliphatic heterocycles. The van der Waals surface area contributed by atoms with Gasteiger partial charge in [0.25, 0.3) is 0 Å². The lowest BCUT2D eigenvalue weighted by Crippen LogP contribution is -2.57. The van der Waals surface area contributed by atoms with E-state index in [0.717, 1.165) is 0 Å². The van der Waals surface area contributed by atoms with Gasteiger partial charge in [-0.1, -0.05) is 48.1 Å². The Morgan fingerprint density at radius 3 is 2.32 bits per heavy atom. The van der Waals surface area contributed by atoms with Crippen molar-refractivity contribution in [2.75, 3.05) is 13.1 Å². The average molecular weight is 517 g/mol. The van der Waals surface area contributed by atoms with Crippen LogP contribution in [0.15, 0.2) is 12.7 Å². The van der Waals surface area contributed by atoms with Crippen LogP contribution in [0.1, 0.15) is 67.2 Å². The number of hydrogen-bond acceptors (Lipinski definition) is 5. The lowest BCUT2D eigenvalue weighted by Gasteiger charge is -2.34. The molecule has 0 aromatic carbocycles. The summed E-state index contributed by atoms with van der Waals surface area (Å²) in [5, 5.41) is 8.54. The number of ketones is 1. The Bertz CT molecular complexity index is 943. The Labute approximate surface area is 220 Å². The zero-order valence-electron chi connectivity index (χ0n) is 23.1. The molecule has 0 aromatic rings.